The number of ether oxygens (including phenoxy) is 3. The zero-order valence-electron chi connectivity index (χ0n) is 20.0. The molecule has 0 saturated carbocycles. The van der Waals surface area contributed by atoms with Gasteiger partial charge in [-0.25, -0.2) is 0 Å². The quantitative estimate of drug-likeness (QED) is 0.573. The standard InChI is InChI=1S/C26H30N4O4/c1-29-9-11-30(12-10-29)22-7-5-18(6-8-22)19-13-20(17-27-16-19)26(31)28-21-14-23(32-2)25(34-4)24(15-21)33-3/h5-8,13-17H,9-12H2,1-4H3,(H,28,31). The highest BCUT2D eigenvalue weighted by Crippen LogP contribution is 2.40. The van der Waals surface area contributed by atoms with Gasteiger partial charge in [0.05, 0.1) is 26.9 Å². The van der Waals surface area contributed by atoms with Gasteiger partial charge in [-0.05, 0) is 30.8 Å². The summed E-state index contributed by atoms with van der Waals surface area (Å²) in [5.74, 6) is 1.11. The number of amides is 1. The minimum Gasteiger partial charge on any atom is -0.493 e. The summed E-state index contributed by atoms with van der Waals surface area (Å²) in [6.45, 7) is 4.17. The molecule has 3 aromatic rings. The molecule has 1 aliphatic rings. The summed E-state index contributed by atoms with van der Waals surface area (Å²) in [6, 6.07) is 13.6. The Balaban J connectivity index is 1.51. The van der Waals surface area contributed by atoms with Crippen molar-refractivity contribution in [1.29, 1.82) is 0 Å². The lowest BCUT2D eigenvalue weighted by molar-refractivity contribution is 0.102. The molecule has 0 unspecified atom stereocenters. The van der Waals surface area contributed by atoms with E-state index in [4.69, 9.17) is 14.2 Å². The fraction of sp³-hybridized carbons (Fsp3) is 0.308. The monoisotopic (exact) mass is 462 g/mol. The maximum Gasteiger partial charge on any atom is 0.257 e. The van der Waals surface area contributed by atoms with Crippen LogP contribution in [0, 0.1) is 0 Å². The van der Waals surface area contributed by atoms with Gasteiger partial charge >= 0.3 is 0 Å². The molecule has 0 atom stereocenters. The van der Waals surface area contributed by atoms with Crippen molar-refractivity contribution < 1.29 is 19.0 Å². The highest BCUT2D eigenvalue weighted by Gasteiger charge is 2.17. The summed E-state index contributed by atoms with van der Waals surface area (Å²) in [6.07, 6.45) is 3.32. The number of rotatable bonds is 7. The van der Waals surface area contributed by atoms with E-state index in [2.05, 4.69) is 51.4 Å². The topological polar surface area (TPSA) is 76.2 Å². The Hall–Kier alpha value is -3.78. The summed E-state index contributed by atoms with van der Waals surface area (Å²) < 4.78 is 16.1. The number of pyridine rings is 1. The number of aromatic nitrogens is 1. The van der Waals surface area contributed by atoms with Gasteiger partial charge in [0, 0.05) is 67.6 Å². The molecule has 8 heteroatoms. The van der Waals surface area contributed by atoms with Crippen LogP contribution in [0.4, 0.5) is 11.4 Å². The van der Waals surface area contributed by atoms with Crippen LogP contribution in [0.3, 0.4) is 0 Å². The Labute approximate surface area is 200 Å². The zero-order valence-corrected chi connectivity index (χ0v) is 20.0. The molecular formula is C26H30N4O4. The van der Waals surface area contributed by atoms with Gasteiger partial charge in [0.25, 0.3) is 5.91 Å². The van der Waals surface area contributed by atoms with Crippen LogP contribution in [0.5, 0.6) is 17.2 Å². The third kappa shape index (κ3) is 5.07. The number of likely N-dealkylation sites (N-methyl/N-ethyl adjacent to an activating group) is 1. The molecule has 1 aliphatic heterocycles. The first-order valence-electron chi connectivity index (χ1n) is 11.1. The normalized spacial score (nSPS) is 13.9. The Morgan fingerprint density at radius 1 is 0.853 bits per heavy atom. The molecule has 0 spiro atoms. The summed E-state index contributed by atoms with van der Waals surface area (Å²) in [4.78, 5) is 22.0. The van der Waals surface area contributed by atoms with Crippen molar-refractivity contribution in [2.45, 2.75) is 0 Å². The number of methoxy groups -OCH3 is 3. The first-order chi connectivity index (χ1) is 16.5. The van der Waals surface area contributed by atoms with Crippen molar-refractivity contribution in [2.75, 3.05) is 64.8 Å². The predicted molar refractivity (Wildman–Crippen MR) is 133 cm³/mol. The molecule has 34 heavy (non-hydrogen) atoms. The molecule has 0 bridgehead atoms. The largest absolute Gasteiger partial charge is 0.493 e. The van der Waals surface area contributed by atoms with Gasteiger partial charge in [-0.2, -0.15) is 0 Å². The van der Waals surface area contributed by atoms with Crippen molar-refractivity contribution in [3.8, 4) is 28.4 Å². The molecule has 178 valence electrons. The molecule has 0 aliphatic carbocycles. The second kappa shape index (κ2) is 10.4. The van der Waals surface area contributed by atoms with Gasteiger partial charge in [0.15, 0.2) is 11.5 Å². The molecule has 4 rings (SSSR count). The molecule has 8 nitrogen and oxygen atoms in total. The Morgan fingerprint density at radius 3 is 2.09 bits per heavy atom. The Bertz CT molecular complexity index is 1120. The van der Waals surface area contributed by atoms with Crippen LogP contribution in [-0.2, 0) is 0 Å². The Kier molecular flexibility index (Phi) is 7.18. The van der Waals surface area contributed by atoms with E-state index in [-0.39, 0.29) is 5.91 Å². The number of hydrogen-bond acceptors (Lipinski definition) is 7. The van der Waals surface area contributed by atoms with Crippen LogP contribution in [0.1, 0.15) is 10.4 Å². The van der Waals surface area contributed by atoms with Gasteiger partial charge in [-0.15, -0.1) is 0 Å². The van der Waals surface area contributed by atoms with Gasteiger partial charge in [-0.1, -0.05) is 12.1 Å². The molecule has 1 saturated heterocycles. The van der Waals surface area contributed by atoms with Crippen molar-refractivity contribution in [1.82, 2.24) is 9.88 Å². The van der Waals surface area contributed by atoms with Gasteiger partial charge in [0.2, 0.25) is 5.75 Å². The summed E-state index contributed by atoms with van der Waals surface area (Å²) >= 11 is 0. The third-order valence-electron chi connectivity index (χ3n) is 5.99. The van der Waals surface area contributed by atoms with Crippen LogP contribution in [-0.4, -0.2) is 70.3 Å². The number of benzene rings is 2. The van der Waals surface area contributed by atoms with Gasteiger partial charge in [0.1, 0.15) is 0 Å². The minimum absolute atomic E-state index is 0.280. The first kappa shape index (κ1) is 23.4. The number of anilines is 2. The molecule has 1 amide bonds. The van der Waals surface area contributed by atoms with Crippen molar-refractivity contribution >= 4 is 17.3 Å². The number of piperazine rings is 1. The van der Waals surface area contributed by atoms with E-state index in [1.54, 1.807) is 24.5 Å². The average molecular weight is 463 g/mol. The molecule has 1 fully saturated rings. The second-order valence-corrected chi connectivity index (χ2v) is 8.17. The average Bonchev–Trinajstić information content (AvgIpc) is 2.88. The lowest BCUT2D eigenvalue weighted by atomic mass is 10.0. The number of hydrogen-bond donors (Lipinski definition) is 1. The molecule has 1 aromatic heterocycles. The van der Waals surface area contributed by atoms with Crippen LogP contribution in [0.2, 0.25) is 0 Å². The molecule has 2 aromatic carbocycles. The maximum atomic E-state index is 13.0. The number of nitrogens with zero attached hydrogens (tertiary/aromatic N) is 3. The number of carbonyl (C=O) groups is 1. The van der Waals surface area contributed by atoms with Gasteiger partial charge < -0.3 is 29.3 Å². The highest BCUT2D eigenvalue weighted by molar-refractivity contribution is 6.05. The van der Waals surface area contributed by atoms with Crippen molar-refractivity contribution in [3.05, 3.63) is 60.4 Å². The van der Waals surface area contributed by atoms with Crippen molar-refractivity contribution in [3.63, 3.8) is 0 Å². The van der Waals surface area contributed by atoms with Crippen LogP contribution in [0.25, 0.3) is 11.1 Å². The zero-order chi connectivity index (χ0) is 24.1. The predicted octanol–water partition coefficient (Wildman–Crippen LogP) is 3.78. The fourth-order valence-corrected chi connectivity index (χ4v) is 4.01. The summed E-state index contributed by atoms with van der Waals surface area (Å²) in [7, 11) is 6.75. The van der Waals surface area contributed by atoms with E-state index < -0.39 is 0 Å². The van der Waals surface area contributed by atoms with Gasteiger partial charge in [-0.3, -0.25) is 9.78 Å². The lowest BCUT2D eigenvalue weighted by Gasteiger charge is -2.34. The lowest BCUT2D eigenvalue weighted by Crippen LogP contribution is -2.44. The summed E-state index contributed by atoms with van der Waals surface area (Å²) in [5, 5.41) is 2.89. The molecule has 2 heterocycles. The number of nitrogens with one attached hydrogen (secondary N) is 1. The minimum atomic E-state index is -0.280. The van der Waals surface area contributed by atoms with Crippen LogP contribution in [0.15, 0.2) is 54.9 Å². The van der Waals surface area contributed by atoms with E-state index in [0.29, 0.717) is 28.5 Å². The van der Waals surface area contributed by atoms with Crippen LogP contribution < -0.4 is 24.4 Å². The maximum absolute atomic E-state index is 13.0. The fourth-order valence-electron chi connectivity index (χ4n) is 4.01. The summed E-state index contributed by atoms with van der Waals surface area (Å²) in [5.41, 5.74) is 4.08. The van der Waals surface area contributed by atoms with E-state index >= 15 is 0 Å². The molecular weight excluding hydrogens is 432 g/mol. The molecule has 0 radical (unpaired) electrons. The number of carbonyl (C=O) groups excluding carboxylic acids is 1. The smallest absolute Gasteiger partial charge is 0.257 e. The van der Waals surface area contributed by atoms with E-state index in [9.17, 15) is 4.79 Å². The SMILES string of the molecule is COc1cc(NC(=O)c2cncc(-c3ccc(N4CCN(C)CC4)cc3)c2)cc(OC)c1OC. The van der Waals surface area contributed by atoms with E-state index in [1.807, 2.05) is 6.07 Å². The second-order valence-electron chi connectivity index (χ2n) is 8.17. The Morgan fingerprint density at radius 2 is 1.50 bits per heavy atom. The molecule has 1 N–H and O–H groups in total. The van der Waals surface area contributed by atoms with E-state index in [1.165, 1.54) is 27.0 Å². The van der Waals surface area contributed by atoms with E-state index in [0.717, 1.165) is 37.3 Å². The highest BCUT2D eigenvalue weighted by atomic mass is 16.5. The van der Waals surface area contributed by atoms with Crippen LogP contribution >= 0.6 is 0 Å². The first-order valence-corrected chi connectivity index (χ1v) is 11.1. The third-order valence-corrected chi connectivity index (χ3v) is 5.99. The van der Waals surface area contributed by atoms with Crippen molar-refractivity contribution in [2.24, 2.45) is 0 Å².